The molecule has 0 bridgehead atoms. The van der Waals surface area contributed by atoms with E-state index in [-0.39, 0.29) is 0 Å². The van der Waals surface area contributed by atoms with Crippen molar-refractivity contribution in [1.29, 1.82) is 0 Å². The van der Waals surface area contributed by atoms with Crippen molar-refractivity contribution >= 4 is 88.8 Å². The lowest BCUT2D eigenvalue weighted by atomic mass is 9.92. The van der Waals surface area contributed by atoms with Crippen molar-refractivity contribution in [3.63, 3.8) is 0 Å². The molecule has 2 aromatic heterocycles. The van der Waals surface area contributed by atoms with E-state index in [1.165, 1.54) is 21.5 Å². The molecule has 0 saturated heterocycles. The van der Waals surface area contributed by atoms with Crippen LogP contribution in [0.1, 0.15) is 0 Å². The molecule has 4 heteroatoms. The minimum Gasteiger partial charge on any atom is -0.439 e. The highest BCUT2D eigenvalue weighted by molar-refractivity contribution is 6.31. The molecule has 10 aromatic rings. The van der Waals surface area contributed by atoms with Crippen molar-refractivity contribution in [2.24, 2.45) is 0 Å². The normalized spacial score (nSPS) is 11.8. The number of anilines is 6. The Morgan fingerprint density at radius 3 is 0.979 bits per heavy atom. The molecule has 0 saturated carbocycles. The maximum absolute atomic E-state index is 6.81. The Morgan fingerprint density at radius 2 is 0.646 bits per heavy atom. The molecular formula is C44H28N2O2. The van der Waals surface area contributed by atoms with Crippen molar-refractivity contribution < 1.29 is 8.83 Å². The molecule has 0 amide bonds. The van der Waals surface area contributed by atoms with E-state index in [0.29, 0.717) is 0 Å². The SMILES string of the molecule is c1ccc(N(c2ccccc2)c2cc3cc4ccc5c6oc(N(c7ccccc7)c7ccccc7)cc6cc6ccc(c3o2)c4c65)cc1. The number of nitrogens with zero attached hydrogens (tertiary/aromatic N) is 2. The molecule has 10 rings (SSSR count). The van der Waals surface area contributed by atoms with Crippen molar-refractivity contribution in [2.45, 2.75) is 0 Å². The molecule has 0 aliphatic heterocycles. The maximum atomic E-state index is 6.81. The van der Waals surface area contributed by atoms with Crippen LogP contribution in [0.25, 0.3) is 54.3 Å². The molecule has 0 aliphatic carbocycles. The average Bonchev–Trinajstić information content (AvgIpc) is 3.76. The summed E-state index contributed by atoms with van der Waals surface area (Å²) in [5.41, 5.74) is 5.92. The fourth-order valence-electron chi connectivity index (χ4n) is 7.26. The summed E-state index contributed by atoms with van der Waals surface area (Å²) in [7, 11) is 0. The summed E-state index contributed by atoms with van der Waals surface area (Å²) in [6.45, 7) is 0. The molecule has 4 nitrogen and oxygen atoms in total. The van der Waals surface area contributed by atoms with Crippen LogP contribution in [0, 0.1) is 0 Å². The molecule has 8 aromatic carbocycles. The first-order chi connectivity index (χ1) is 23.8. The van der Waals surface area contributed by atoms with Gasteiger partial charge in [-0.3, -0.25) is 9.80 Å². The van der Waals surface area contributed by atoms with Crippen LogP contribution >= 0.6 is 0 Å². The number of furan rings is 2. The van der Waals surface area contributed by atoms with Crippen LogP contribution in [0.15, 0.2) is 179 Å². The van der Waals surface area contributed by atoms with Gasteiger partial charge in [-0.05, 0) is 83.6 Å². The van der Waals surface area contributed by atoms with Crippen LogP contribution in [0.2, 0.25) is 0 Å². The summed E-state index contributed by atoms with van der Waals surface area (Å²) in [6.07, 6.45) is 0. The molecule has 0 N–H and O–H groups in total. The van der Waals surface area contributed by atoms with Crippen molar-refractivity contribution in [3.8, 4) is 0 Å². The van der Waals surface area contributed by atoms with Gasteiger partial charge in [0.05, 0.1) is 0 Å². The molecule has 0 radical (unpaired) electrons. The number of para-hydroxylation sites is 4. The maximum Gasteiger partial charge on any atom is 0.205 e. The van der Waals surface area contributed by atoms with Gasteiger partial charge in [-0.15, -0.1) is 0 Å². The van der Waals surface area contributed by atoms with Gasteiger partial charge < -0.3 is 8.83 Å². The molecule has 0 aliphatic rings. The van der Waals surface area contributed by atoms with Gasteiger partial charge in [0.15, 0.2) is 0 Å². The second-order valence-electron chi connectivity index (χ2n) is 12.2. The number of hydrogen-bond acceptors (Lipinski definition) is 4. The van der Waals surface area contributed by atoms with Crippen LogP contribution in [-0.4, -0.2) is 0 Å². The van der Waals surface area contributed by atoms with Crippen LogP contribution in [0.3, 0.4) is 0 Å². The third-order valence-corrected chi connectivity index (χ3v) is 9.33. The minimum atomic E-state index is 0.775. The Labute approximate surface area is 276 Å². The highest BCUT2D eigenvalue weighted by Crippen LogP contribution is 2.46. The summed E-state index contributed by atoms with van der Waals surface area (Å²) >= 11 is 0. The summed E-state index contributed by atoms with van der Waals surface area (Å²) in [5.74, 6) is 1.55. The van der Waals surface area contributed by atoms with Crippen LogP contribution in [0.4, 0.5) is 34.5 Å². The van der Waals surface area contributed by atoms with Crippen LogP contribution in [-0.2, 0) is 0 Å². The van der Waals surface area contributed by atoms with E-state index < -0.39 is 0 Å². The predicted molar refractivity (Wildman–Crippen MR) is 199 cm³/mol. The first-order valence-corrected chi connectivity index (χ1v) is 16.2. The Hall–Kier alpha value is -6.52. The van der Waals surface area contributed by atoms with Gasteiger partial charge in [0.1, 0.15) is 11.2 Å². The molecule has 48 heavy (non-hydrogen) atoms. The van der Waals surface area contributed by atoms with Gasteiger partial charge in [-0.25, -0.2) is 0 Å². The zero-order valence-electron chi connectivity index (χ0n) is 25.9. The van der Waals surface area contributed by atoms with E-state index in [2.05, 4.69) is 155 Å². The lowest BCUT2D eigenvalue weighted by Gasteiger charge is -2.22. The van der Waals surface area contributed by atoms with E-state index in [9.17, 15) is 0 Å². The number of fused-ring (bicyclic) bond motifs is 4. The quantitative estimate of drug-likeness (QED) is 0.174. The Kier molecular flexibility index (Phi) is 5.84. The summed E-state index contributed by atoms with van der Waals surface area (Å²) in [4.78, 5) is 4.35. The molecule has 0 unspecified atom stereocenters. The van der Waals surface area contributed by atoms with Gasteiger partial charge in [-0.2, -0.15) is 0 Å². The van der Waals surface area contributed by atoms with E-state index in [1.807, 2.05) is 24.3 Å². The lowest BCUT2D eigenvalue weighted by molar-refractivity contribution is 0.623. The van der Waals surface area contributed by atoms with Crippen molar-refractivity contribution in [1.82, 2.24) is 0 Å². The molecule has 226 valence electrons. The second-order valence-corrected chi connectivity index (χ2v) is 12.2. The molecule has 2 heterocycles. The minimum absolute atomic E-state index is 0.775. The molecular weight excluding hydrogens is 588 g/mol. The first-order valence-electron chi connectivity index (χ1n) is 16.2. The van der Waals surface area contributed by atoms with Crippen LogP contribution in [0.5, 0.6) is 0 Å². The fourth-order valence-corrected chi connectivity index (χ4v) is 7.26. The summed E-state index contributed by atoms with van der Waals surface area (Å²) in [5, 5.41) is 9.05. The van der Waals surface area contributed by atoms with E-state index in [4.69, 9.17) is 8.83 Å². The zero-order chi connectivity index (χ0) is 31.6. The van der Waals surface area contributed by atoms with Gasteiger partial charge in [0, 0.05) is 67.2 Å². The molecule has 0 spiro atoms. The second kappa shape index (κ2) is 10.5. The van der Waals surface area contributed by atoms with Gasteiger partial charge >= 0.3 is 0 Å². The molecule has 0 atom stereocenters. The average molecular weight is 617 g/mol. The van der Waals surface area contributed by atoms with Crippen molar-refractivity contribution in [3.05, 3.63) is 170 Å². The lowest BCUT2D eigenvalue weighted by Crippen LogP contribution is -2.08. The fraction of sp³-hybridized carbons (Fsp3) is 0. The summed E-state index contributed by atoms with van der Waals surface area (Å²) < 4.78 is 13.6. The zero-order valence-corrected chi connectivity index (χ0v) is 25.9. The topological polar surface area (TPSA) is 32.8 Å². The highest BCUT2D eigenvalue weighted by atomic mass is 16.4. The Bertz CT molecular complexity index is 2450. The smallest absolute Gasteiger partial charge is 0.205 e. The number of benzene rings is 8. The third kappa shape index (κ3) is 4.10. The molecule has 0 fully saturated rings. The number of rotatable bonds is 6. The largest absolute Gasteiger partial charge is 0.439 e. The number of hydrogen-bond donors (Lipinski definition) is 0. The third-order valence-electron chi connectivity index (χ3n) is 9.33. The highest BCUT2D eigenvalue weighted by Gasteiger charge is 2.22. The predicted octanol–water partition coefficient (Wildman–Crippen LogP) is 13.0. The van der Waals surface area contributed by atoms with Gasteiger partial charge in [-0.1, -0.05) is 84.9 Å². The first kappa shape index (κ1) is 26.7. The van der Waals surface area contributed by atoms with Crippen molar-refractivity contribution in [2.75, 3.05) is 9.80 Å². The Morgan fingerprint density at radius 1 is 0.312 bits per heavy atom. The van der Waals surface area contributed by atoms with E-state index in [0.717, 1.165) is 67.2 Å². The standard InChI is InChI=1S/C44H28N2O2/c1-5-13-33(14-6-1)45(34-15-7-2-8-16-34)39-27-31-25-29-22-24-38-42-30(21-23-37(41(29)42)43(31)47-39)26-32-28-40(48-44(32)38)46(35-17-9-3-10-18-35)36-19-11-4-12-20-36/h1-28H. The van der Waals surface area contributed by atoms with E-state index in [1.54, 1.807) is 0 Å². The van der Waals surface area contributed by atoms with Gasteiger partial charge in [0.25, 0.3) is 0 Å². The van der Waals surface area contributed by atoms with Crippen LogP contribution < -0.4 is 9.80 Å². The summed E-state index contributed by atoms with van der Waals surface area (Å²) in [6, 6.07) is 59.2. The Balaban J connectivity index is 1.19. The van der Waals surface area contributed by atoms with E-state index >= 15 is 0 Å². The monoisotopic (exact) mass is 616 g/mol. The van der Waals surface area contributed by atoms with Gasteiger partial charge in [0.2, 0.25) is 11.8 Å².